The molecular formula is C27H26N4O3. The van der Waals surface area contributed by atoms with E-state index >= 15 is 0 Å². The molecule has 7 heteroatoms. The highest BCUT2D eigenvalue weighted by Crippen LogP contribution is 2.18. The number of H-pyrrole nitrogens is 1. The third-order valence-corrected chi connectivity index (χ3v) is 5.52. The largest absolute Gasteiger partial charge is 0.361 e. The summed E-state index contributed by atoms with van der Waals surface area (Å²) < 4.78 is 0. The first kappa shape index (κ1) is 22.8. The molecule has 0 unspecified atom stereocenters. The maximum absolute atomic E-state index is 12.7. The number of amides is 3. The Kier molecular flexibility index (Phi) is 7.35. The van der Waals surface area contributed by atoms with Gasteiger partial charge in [0.1, 0.15) is 0 Å². The molecule has 0 aliphatic carbocycles. The number of rotatable bonds is 8. The number of para-hydroxylation sites is 2. The van der Waals surface area contributed by atoms with Gasteiger partial charge in [-0.3, -0.25) is 14.4 Å². The van der Waals surface area contributed by atoms with Crippen molar-refractivity contribution in [1.29, 1.82) is 0 Å². The number of nitrogens with one attached hydrogen (secondary N) is 4. The van der Waals surface area contributed by atoms with Crippen molar-refractivity contribution in [3.63, 3.8) is 0 Å². The van der Waals surface area contributed by atoms with Gasteiger partial charge in [-0.1, -0.05) is 60.7 Å². The summed E-state index contributed by atoms with van der Waals surface area (Å²) >= 11 is 0. The highest BCUT2D eigenvalue weighted by atomic mass is 16.2. The molecule has 0 saturated carbocycles. The van der Waals surface area contributed by atoms with E-state index in [0.29, 0.717) is 31.5 Å². The lowest BCUT2D eigenvalue weighted by Gasteiger charge is -2.11. The summed E-state index contributed by atoms with van der Waals surface area (Å²) in [5, 5.41) is 9.15. The van der Waals surface area contributed by atoms with E-state index in [0.717, 1.165) is 22.0 Å². The van der Waals surface area contributed by atoms with Crippen LogP contribution in [0.2, 0.25) is 0 Å². The van der Waals surface area contributed by atoms with Crippen LogP contribution in [0.15, 0.2) is 85.1 Å². The van der Waals surface area contributed by atoms with Crippen LogP contribution in [0.3, 0.4) is 0 Å². The lowest BCUT2D eigenvalue weighted by Crippen LogP contribution is -2.37. The molecule has 0 fully saturated rings. The fourth-order valence-corrected chi connectivity index (χ4v) is 3.76. The Morgan fingerprint density at radius 2 is 1.41 bits per heavy atom. The van der Waals surface area contributed by atoms with Gasteiger partial charge < -0.3 is 20.9 Å². The van der Waals surface area contributed by atoms with Crippen molar-refractivity contribution < 1.29 is 14.4 Å². The second-order valence-electron chi connectivity index (χ2n) is 7.86. The van der Waals surface area contributed by atoms with Crippen LogP contribution in [0.4, 0.5) is 5.69 Å². The lowest BCUT2D eigenvalue weighted by molar-refractivity contribution is -0.136. The molecule has 0 radical (unpaired) electrons. The normalized spacial score (nSPS) is 10.6. The average molecular weight is 455 g/mol. The zero-order valence-corrected chi connectivity index (χ0v) is 18.6. The van der Waals surface area contributed by atoms with Crippen molar-refractivity contribution in [3.8, 4) is 0 Å². The minimum absolute atomic E-state index is 0.288. The molecule has 34 heavy (non-hydrogen) atoms. The third-order valence-electron chi connectivity index (χ3n) is 5.52. The second-order valence-corrected chi connectivity index (χ2v) is 7.86. The Morgan fingerprint density at radius 3 is 2.26 bits per heavy atom. The number of carbonyl (C=O) groups is 3. The molecule has 3 amide bonds. The zero-order valence-electron chi connectivity index (χ0n) is 18.6. The number of anilines is 1. The SMILES string of the molecule is O=C(NCCc1c[nH]c2ccccc12)C(=O)Nc1ccccc1C(=O)NCCc1ccccc1. The molecule has 3 aromatic carbocycles. The van der Waals surface area contributed by atoms with Crippen LogP contribution in [0.1, 0.15) is 21.5 Å². The van der Waals surface area contributed by atoms with E-state index in [4.69, 9.17) is 0 Å². The van der Waals surface area contributed by atoms with Crippen molar-refractivity contribution in [3.05, 3.63) is 102 Å². The molecule has 172 valence electrons. The zero-order chi connectivity index (χ0) is 23.8. The predicted octanol–water partition coefficient (Wildman–Crippen LogP) is 3.44. The molecule has 0 aliphatic rings. The third kappa shape index (κ3) is 5.69. The van der Waals surface area contributed by atoms with Crippen molar-refractivity contribution in [1.82, 2.24) is 15.6 Å². The minimum Gasteiger partial charge on any atom is -0.361 e. The van der Waals surface area contributed by atoms with Gasteiger partial charge in [0.05, 0.1) is 11.3 Å². The Bertz CT molecular complexity index is 1300. The first-order valence-electron chi connectivity index (χ1n) is 11.2. The van der Waals surface area contributed by atoms with Crippen LogP contribution in [-0.2, 0) is 22.4 Å². The van der Waals surface area contributed by atoms with Gasteiger partial charge in [-0.15, -0.1) is 0 Å². The summed E-state index contributed by atoms with van der Waals surface area (Å²) in [7, 11) is 0. The Morgan fingerprint density at radius 1 is 0.706 bits per heavy atom. The van der Waals surface area contributed by atoms with Crippen molar-refractivity contribution >= 4 is 34.3 Å². The van der Waals surface area contributed by atoms with Crippen LogP contribution in [-0.4, -0.2) is 35.8 Å². The summed E-state index contributed by atoms with van der Waals surface area (Å²) in [5.74, 6) is -1.88. The predicted molar refractivity (Wildman–Crippen MR) is 133 cm³/mol. The number of hydrogen-bond acceptors (Lipinski definition) is 3. The number of fused-ring (bicyclic) bond motifs is 1. The summed E-state index contributed by atoms with van der Waals surface area (Å²) in [4.78, 5) is 40.6. The fraction of sp³-hybridized carbons (Fsp3) is 0.148. The Labute approximate surface area is 197 Å². The van der Waals surface area contributed by atoms with Crippen LogP contribution in [0.5, 0.6) is 0 Å². The van der Waals surface area contributed by atoms with E-state index in [2.05, 4.69) is 20.9 Å². The molecule has 1 heterocycles. The van der Waals surface area contributed by atoms with E-state index < -0.39 is 11.8 Å². The summed E-state index contributed by atoms with van der Waals surface area (Å²) in [5.41, 5.74) is 3.80. The monoisotopic (exact) mass is 454 g/mol. The van der Waals surface area contributed by atoms with Crippen molar-refractivity contribution in [2.75, 3.05) is 18.4 Å². The van der Waals surface area contributed by atoms with Gasteiger partial charge in [-0.2, -0.15) is 0 Å². The molecule has 7 nitrogen and oxygen atoms in total. The van der Waals surface area contributed by atoms with Gasteiger partial charge in [-0.25, -0.2) is 0 Å². The standard InChI is InChI=1S/C27H26N4O3/c32-25(28-16-14-19-8-2-1-3-9-19)22-11-5-7-13-24(22)31-27(34)26(33)29-17-15-20-18-30-23-12-6-4-10-21(20)23/h1-13,18,30H,14-17H2,(H,28,32)(H,29,33)(H,31,34). The summed E-state index contributed by atoms with van der Waals surface area (Å²) in [6, 6.07) is 24.4. The highest BCUT2D eigenvalue weighted by molar-refractivity contribution is 6.40. The van der Waals surface area contributed by atoms with Gasteiger partial charge in [-0.05, 0) is 42.2 Å². The maximum atomic E-state index is 12.7. The van der Waals surface area contributed by atoms with Crippen molar-refractivity contribution in [2.45, 2.75) is 12.8 Å². The number of aromatic nitrogens is 1. The van der Waals surface area contributed by atoms with Crippen LogP contribution in [0.25, 0.3) is 10.9 Å². The van der Waals surface area contributed by atoms with E-state index in [9.17, 15) is 14.4 Å². The first-order chi connectivity index (χ1) is 16.6. The summed E-state index contributed by atoms with van der Waals surface area (Å²) in [6.07, 6.45) is 3.19. The molecule has 1 aromatic heterocycles. The summed E-state index contributed by atoms with van der Waals surface area (Å²) in [6.45, 7) is 0.773. The number of aromatic amines is 1. The van der Waals surface area contributed by atoms with E-state index in [1.807, 2.05) is 60.8 Å². The lowest BCUT2D eigenvalue weighted by atomic mass is 10.1. The van der Waals surface area contributed by atoms with Gasteiger partial charge in [0.15, 0.2) is 0 Å². The molecule has 4 N–H and O–H groups in total. The molecule has 0 saturated heterocycles. The van der Waals surface area contributed by atoms with Gasteiger partial charge in [0.25, 0.3) is 5.91 Å². The number of benzene rings is 3. The molecule has 0 aliphatic heterocycles. The Hall–Kier alpha value is -4.39. The van der Waals surface area contributed by atoms with Crippen LogP contribution in [0, 0.1) is 0 Å². The van der Waals surface area contributed by atoms with E-state index in [1.165, 1.54) is 0 Å². The first-order valence-corrected chi connectivity index (χ1v) is 11.2. The number of hydrogen-bond donors (Lipinski definition) is 4. The molecule has 4 aromatic rings. The quantitative estimate of drug-likeness (QED) is 0.307. The number of carbonyl (C=O) groups excluding carboxylic acids is 3. The topological polar surface area (TPSA) is 103 Å². The maximum Gasteiger partial charge on any atom is 0.313 e. The Balaban J connectivity index is 1.29. The van der Waals surface area contributed by atoms with Gasteiger partial charge >= 0.3 is 11.8 Å². The van der Waals surface area contributed by atoms with E-state index in [1.54, 1.807) is 24.3 Å². The second kappa shape index (κ2) is 11.0. The molecule has 0 atom stereocenters. The van der Waals surface area contributed by atoms with Gasteiger partial charge in [0, 0.05) is 30.2 Å². The van der Waals surface area contributed by atoms with Crippen LogP contribution < -0.4 is 16.0 Å². The fourth-order valence-electron chi connectivity index (χ4n) is 3.76. The molecular weight excluding hydrogens is 428 g/mol. The molecule has 0 spiro atoms. The minimum atomic E-state index is -0.816. The molecule has 4 rings (SSSR count). The van der Waals surface area contributed by atoms with Gasteiger partial charge in [0.2, 0.25) is 0 Å². The molecule has 0 bridgehead atoms. The smallest absolute Gasteiger partial charge is 0.313 e. The average Bonchev–Trinajstić information content (AvgIpc) is 3.28. The van der Waals surface area contributed by atoms with Crippen molar-refractivity contribution in [2.24, 2.45) is 0 Å². The van der Waals surface area contributed by atoms with Crippen LogP contribution >= 0.6 is 0 Å². The highest BCUT2D eigenvalue weighted by Gasteiger charge is 2.17. The van der Waals surface area contributed by atoms with E-state index in [-0.39, 0.29) is 11.6 Å².